The van der Waals surface area contributed by atoms with Gasteiger partial charge < -0.3 is 4.90 Å². The smallest absolute Gasteiger partial charge is 0.0468 e. The number of nitrogens with zero attached hydrogens (tertiary/aromatic N) is 1. The van der Waals surface area contributed by atoms with Gasteiger partial charge >= 0.3 is 0 Å². The van der Waals surface area contributed by atoms with Crippen LogP contribution in [0.15, 0.2) is 182 Å². The summed E-state index contributed by atoms with van der Waals surface area (Å²) >= 11 is 0. The quantitative estimate of drug-likeness (QED) is 0.175. The first kappa shape index (κ1) is 27.6. The Labute approximate surface area is 270 Å². The highest BCUT2D eigenvalue weighted by molar-refractivity contribution is 6.22. The van der Waals surface area contributed by atoms with Gasteiger partial charge in [0, 0.05) is 17.1 Å². The summed E-state index contributed by atoms with van der Waals surface area (Å²) in [4.78, 5) is 2.37. The molecule has 0 fully saturated rings. The Morgan fingerprint density at radius 1 is 0.304 bits per heavy atom. The Balaban J connectivity index is 1.41. The molecule has 0 atom stereocenters. The van der Waals surface area contributed by atoms with Crippen molar-refractivity contribution in [3.8, 4) is 33.4 Å². The lowest BCUT2D eigenvalue weighted by atomic mass is 9.85. The molecule has 0 saturated carbocycles. The largest absolute Gasteiger partial charge is 0.310 e. The molecule has 218 valence electrons. The fourth-order valence-electron chi connectivity index (χ4n) is 6.76. The van der Waals surface area contributed by atoms with Crippen LogP contribution in [-0.2, 0) is 0 Å². The molecule has 0 N–H and O–H groups in total. The van der Waals surface area contributed by atoms with E-state index >= 15 is 0 Å². The topological polar surface area (TPSA) is 3.24 Å². The fourth-order valence-corrected chi connectivity index (χ4v) is 6.76. The highest BCUT2D eigenvalue weighted by Crippen LogP contribution is 2.46. The first-order valence-corrected chi connectivity index (χ1v) is 15.9. The number of fused-ring (bicyclic) bond motifs is 2. The van der Waals surface area contributed by atoms with E-state index in [-0.39, 0.29) is 0 Å². The molecule has 8 aromatic rings. The van der Waals surface area contributed by atoms with Gasteiger partial charge in [0.05, 0.1) is 0 Å². The van der Waals surface area contributed by atoms with Crippen LogP contribution in [0.5, 0.6) is 0 Å². The minimum atomic E-state index is 1.12. The molecule has 8 aromatic carbocycles. The molecule has 0 spiro atoms. The molecule has 0 amide bonds. The zero-order valence-electron chi connectivity index (χ0n) is 25.8. The second kappa shape index (κ2) is 11.9. The average molecular weight is 588 g/mol. The van der Waals surface area contributed by atoms with Gasteiger partial charge in [0.15, 0.2) is 0 Å². The molecule has 0 heterocycles. The van der Waals surface area contributed by atoms with E-state index in [4.69, 9.17) is 0 Å². The normalized spacial score (nSPS) is 11.2. The maximum absolute atomic E-state index is 2.39. The maximum Gasteiger partial charge on any atom is 0.0468 e. The Kier molecular flexibility index (Phi) is 7.13. The van der Waals surface area contributed by atoms with Crippen LogP contribution in [0, 0.1) is 6.92 Å². The third-order valence-corrected chi connectivity index (χ3v) is 8.89. The third-order valence-electron chi connectivity index (χ3n) is 8.89. The molecule has 0 saturated heterocycles. The zero-order chi connectivity index (χ0) is 30.9. The Morgan fingerprint density at radius 2 is 0.717 bits per heavy atom. The lowest BCUT2D eigenvalue weighted by Crippen LogP contribution is -2.10. The van der Waals surface area contributed by atoms with Crippen molar-refractivity contribution in [3.05, 3.63) is 188 Å². The summed E-state index contributed by atoms with van der Waals surface area (Å²) in [5, 5.41) is 5.03. The van der Waals surface area contributed by atoms with Crippen LogP contribution in [0.2, 0.25) is 0 Å². The van der Waals surface area contributed by atoms with Gasteiger partial charge in [0.1, 0.15) is 0 Å². The van der Waals surface area contributed by atoms with Crippen LogP contribution in [0.3, 0.4) is 0 Å². The summed E-state index contributed by atoms with van der Waals surface area (Å²) in [6, 6.07) is 65.7. The van der Waals surface area contributed by atoms with E-state index in [2.05, 4.69) is 194 Å². The van der Waals surface area contributed by atoms with E-state index in [0.717, 1.165) is 17.1 Å². The predicted octanol–water partition coefficient (Wildman–Crippen LogP) is 12.8. The summed E-state index contributed by atoms with van der Waals surface area (Å²) in [5.74, 6) is 0. The molecule has 0 unspecified atom stereocenters. The van der Waals surface area contributed by atoms with Crippen molar-refractivity contribution in [2.24, 2.45) is 0 Å². The molecule has 1 heteroatoms. The lowest BCUT2D eigenvalue weighted by Gasteiger charge is -2.27. The van der Waals surface area contributed by atoms with Crippen molar-refractivity contribution in [1.29, 1.82) is 0 Å². The molecule has 1 nitrogen and oxygen atoms in total. The first-order chi connectivity index (χ1) is 22.7. The summed E-state index contributed by atoms with van der Waals surface area (Å²) in [5.41, 5.74) is 12.0. The molecule has 0 aliphatic carbocycles. The number of para-hydroxylation sites is 1. The van der Waals surface area contributed by atoms with E-state index in [1.165, 1.54) is 60.5 Å². The van der Waals surface area contributed by atoms with Crippen LogP contribution >= 0.6 is 0 Å². The summed E-state index contributed by atoms with van der Waals surface area (Å²) in [7, 11) is 0. The highest BCUT2D eigenvalue weighted by Gasteiger charge is 2.20. The van der Waals surface area contributed by atoms with Crippen LogP contribution in [0.25, 0.3) is 54.9 Å². The average Bonchev–Trinajstić information content (AvgIpc) is 3.12. The second-order valence-corrected chi connectivity index (χ2v) is 11.8. The molecule has 0 aromatic heterocycles. The van der Waals surface area contributed by atoms with Crippen LogP contribution in [0.1, 0.15) is 5.56 Å². The Morgan fingerprint density at radius 3 is 1.28 bits per heavy atom. The fraction of sp³-hybridized carbons (Fsp3) is 0.0222. The van der Waals surface area contributed by atoms with E-state index < -0.39 is 0 Å². The first-order valence-electron chi connectivity index (χ1n) is 15.9. The highest BCUT2D eigenvalue weighted by atomic mass is 15.1. The van der Waals surface area contributed by atoms with Gasteiger partial charge in [0.2, 0.25) is 0 Å². The van der Waals surface area contributed by atoms with Crippen molar-refractivity contribution < 1.29 is 0 Å². The third kappa shape index (κ3) is 5.02. The summed E-state index contributed by atoms with van der Waals surface area (Å²) in [6.07, 6.45) is 0. The standard InChI is InChI=1S/C45H33N/c1-32-22-28-40-42(30-32)44(35-16-8-3-9-17-35)41-29-27-39(31-43(41)45(40)36-18-10-4-11-19-36)46(37-20-12-5-13-21-37)38-25-23-34(24-26-38)33-14-6-2-7-15-33/h2-31H,1H3. The Hall–Kier alpha value is -5.92. The maximum atomic E-state index is 2.39. The molecule has 0 aliphatic heterocycles. The van der Waals surface area contributed by atoms with E-state index in [1.54, 1.807) is 0 Å². The molecular formula is C45H33N. The van der Waals surface area contributed by atoms with Gasteiger partial charge in [-0.3, -0.25) is 0 Å². The SMILES string of the molecule is Cc1ccc2c(-c3ccccc3)c3cc(N(c4ccccc4)c4ccc(-c5ccccc5)cc4)ccc3c(-c3ccccc3)c2c1. The van der Waals surface area contributed by atoms with Crippen LogP contribution in [-0.4, -0.2) is 0 Å². The molecular weight excluding hydrogens is 555 g/mol. The predicted molar refractivity (Wildman–Crippen MR) is 197 cm³/mol. The van der Waals surface area contributed by atoms with Crippen LogP contribution in [0.4, 0.5) is 17.1 Å². The van der Waals surface area contributed by atoms with Gasteiger partial charge in [-0.05, 0) is 98.2 Å². The van der Waals surface area contributed by atoms with E-state index in [9.17, 15) is 0 Å². The van der Waals surface area contributed by atoms with Gasteiger partial charge in [0.25, 0.3) is 0 Å². The van der Waals surface area contributed by atoms with Gasteiger partial charge in [-0.25, -0.2) is 0 Å². The zero-order valence-corrected chi connectivity index (χ0v) is 25.8. The molecule has 0 bridgehead atoms. The minimum absolute atomic E-state index is 1.12. The number of hydrogen-bond acceptors (Lipinski definition) is 1. The van der Waals surface area contributed by atoms with Crippen molar-refractivity contribution >= 4 is 38.6 Å². The number of hydrogen-bond donors (Lipinski definition) is 0. The molecule has 8 rings (SSSR count). The summed E-state index contributed by atoms with van der Waals surface area (Å²) < 4.78 is 0. The van der Waals surface area contributed by atoms with Crippen molar-refractivity contribution in [1.82, 2.24) is 0 Å². The van der Waals surface area contributed by atoms with Crippen molar-refractivity contribution in [2.75, 3.05) is 4.90 Å². The van der Waals surface area contributed by atoms with Crippen LogP contribution < -0.4 is 4.90 Å². The Bertz CT molecular complexity index is 2270. The number of rotatable bonds is 6. The second-order valence-electron chi connectivity index (χ2n) is 11.8. The number of anilines is 3. The monoisotopic (exact) mass is 587 g/mol. The minimum Gasteiger partial charge on any atom is -0.310 e. The molecule has 0 radical (unpaired) electrons. The lowest BCUT2D eigenvalue weighted by molar-refractivity contribution is 1.29. The number of benzene rings is 8. The van der Waals surface area contributed by atoms with Gasteiger partial charge in [-0.1, -0.05) is 151 Å². The van der Waals surface area contributed by atoms with Gasteiger partial charge in [-0.2, -0.15) is 0 Å². The van der Waals surface area contributed by atoms with E-state index in [0.29, 0.717) is 0 Å². The molecule has 0 aliphatic rings. The van der Waals surface area contributed by atoms with Crippen molar-refractivity contribution in [2.45, 2.75) is 6.92 Å². The van der Waals surface area contributed by atoms with Crippen molar-refractivity contribution in [3.63, 3.8) is 0 Å². The molecule has 46 heavy (non-hydrogen) atoms. The number of aryl methyl sites for hydroxylation is 1. The summed E-state index contributed by atoms with van der Waals surface area (Å²) in [6.45, 7) is 2.19. The van der Waals surface area contributed by atoms with Gasteiger partial charge in [-0.15, -0.1) is 0 Å². The van der Waals surface area contributed by atoms with E-state index in [1.807, 2.05) is 0 Å².